The molecule has 3 rings (SSSR count). The number of hydrogen-bond donors (Lipinski definition) is 3. The van der Waals surface area contributed by atoms with Gasteiger partial charge in [-0.05, 0) is 24.1 Å². The van der Waals surface area contributed by atoms with Crippen molar-refractivity contribution in [2.45, 2.75) is 26.4 Å². The predicted octanol–water partition coefficient (Wildman–Crippen LogP) is 0.0290. The number of rotatable bonds is 3. The fourth-order valence-corrected chi connectivity index (χ4v) is 3.67. The zero-order valence-electron chi connectivity index (χ0n) is 19.6. The Balaban J connectivity index is 1.93. The van der Waals surface area contributed by atoms with Gasteiger partial charge in [-0.15, -0.1) is 0 Å². The fourth-order valence-electron chi connectivity index (χ4n) is 3.67. The second-order valence-corrected chi connectivity index (χ2v) is 8.21. The van der Waals surface area contributed by atoms with Gasteiger partial charge in [-0.3, -0.25) is 14.4 Å². The molecule has 184 valence electrons. The van der Waals surface area contributed by atoms with Crippen molar-refractivity contribution in [1.82, 2.24) is 25.1 Å². The maximum absolute atomic E-state index is 12.8. The van der Waals surface area contributed by atoms with Gasteiger partial charge in [0.05, 0.1) is 20.2 Å². The standard InChI is InChI=1S/C23H31N5O6/c1-15(2)21-23(32)25-7-9-27-8-6-24-22(27)16-4-5-17(33-3)18(12-16)34-11-10-28(20(31)14-29)13-19(30)26-21/h4-6,8,12,15,21,29H,7,9-11,13-14H2,1-3H3,(H,25,32)(H,26,30)/t21-/m1/s1. The van der Waals surface area contributed by atoms with Crippen LogP contribution in [-0.2, 0) is 20.9 Å². The molecule has 0 unspecified atom stereocenters. The highest BCUT2D eigenvalue weighted by Gasteiger charge is 2.26. The average Bonchev–Trinajstić information content (AvgIpc) is 3.29. The van der Waals surface area contributed by atoms with Crippen LogP contribution in [0.2, 0.25) is 0 Å². The van der Waals surface area contributed by atoms with E-state index >= 15 is 0 Å². The van der Waals surface area contributed by atoms with Crippen molar-refractivity contribution in [1.29, 1.82) is 0 Å². The van der Waals surface area contributed by atoms with Crippen LogP contribution in [0.15, 0.2) is 30.6 Å². The van der Waals surface area contributed by atoms with Gasteiger partial charge in [-0.1, -0.05) is 13.8 Å². The van der Waals surface area contributed by atoms with E-state index in [1.165, 1.54) is 12.0 Å². The van der Waals surface area contributed by atoms with Crippen LogP contribution < -0.4 is 20.1 Å². The maximum Gasteiger partial charge on any atom is 0.248 e. The van der Waals surface area contributed by atoms with Gasteiger partial charge in [0, 0.05) is 31.0 Å². The lowest BCUT2D eigenvalue weighted by molar-refractivity contribution is -0.139. The highest BCUT2D eigenvalue weighted by molar-refractivity contribution is 5.90. The molecule has 1 aliphatic rings. The summed E-state index contributed by atoms with van der Waals surface area (Å²) in [5.41, 5.74) is 0.789. The minimum atomic E-state index is -0.771. The van der Waals surface area contributed by atoms with Crippen molar-refractivity contribution in [2.75, 3.05) is 40.0 Å². The lowest BCUT2D eigenvalue weighted by Crippen LogP contribution is -2.53. The van der Waals surface area contributed by atoms with Crippen LogP contribution >= 0.6 is 0 Å². The summed E-state index contributed by atoms with van der Waals surface area (Å²) in [6.45, 7) is 3.50. The van der Waals surface area contributed by atoms with Gasteiger partial charge in [0.25, 0.3) is 0 Å². The summed E-state index contributed by atoms with van der Waals surface area (Å²) in [4.78, 5) is 43.3. The Kier molecular flexibility index (Phi) is 8.47. The smallest absolute Gasteiger partial charge is 0.248 e. The van der Waals surface area contributed by atoms with Gasteiger partial charge >= 0.3 is 0 Å². The number of imidazole rings is 1. The molecule has 11 nitrogen and oxygen atoms in total. The van der Waals surface area contributed by atoms with Crippen LogP contribution in [0.4, 0.5) is 0 Å². The summed E-state index contributed by atoms with van der Waals surface area (Å²) in [5, 5.41) is 14.9. The monoisotopic (exact) mass is 473 g/mol. The van der Waals surface area contributed by atoms with E-state index in [1.54, 1.807) is 18.3 Å². The van der Waals surface area contributed by atoms with E-state index in [4.69, 9.17) is 9.47 Å². The van der Waals surface area contributed by atoms with E-state index in [-0.39, 0.29) is 31.5 Å². The second-order valence-electron chi connectivity index (χ2n) is 8.21. The molecule has 0 fully saturated rings. The number of nitrogens with one attached hydrogen (secondary N) is 2. The Bertz CT molecular complexity index is 1020. The number of carbonyl (C=O) groups excluding carboxylic acids is 3. The van der Waals surface area contributed by atoms with Crippen LogP contribution in [0.5, 0.6) is 11.5 Å². The van der Waals surface area contributed by atoms with E-state index in [9.17, 15) is 19.5 Å². The van der Waals surface area contributed by atoms with Gasteiger partial charge in [-0.25, -0.2) is 4.98 Å². The molecular formula is C23H31N5O6. The van der Waals surface area contributed by atoms with Gasteiger partial charge in [0.15, 0.2) is 11.5 Å². The van der Waals surface area contributed by atoms with E-state index in [0.29, 0.717) is 30.4 Å². The molecule has 34 heavy (non-hydrogen) atoms. The summed E-state index contributed by atoms with van der Waals surface area (Å²) in [5.74, 6) is 0.0364. The van der Waals surface area contributed by atoms with Crippen LogP contribution in [0.25, 0.3) is 11.4 Å². The summed E-state index contributed by atoms with van der Waals surface area (Å²) in [6.07, 6.45) is 3.50. The van der Waals surface area contributed by atoms with E-state index < -0.39 is 24.5 Å². The highest BCUT2D eigenvalue weighted by atomic mass is 16.5. The molecule has 3 N–H and O–H groups in total. The first-order valence-electron chi connectivity index (χ1n) is 11.1. The Morgan fingerprint density at radius 3 is 2.82 bits per heavy atom. The zero-order valence-corrected chi connectivity index (χ0v) is 19.6. The number of amides is 3. The summed E-state index contributed by atoms with van der Waals surface area (Å²) in [7, 11) is 1.53. The highest BCUT2D eigenvalue weighted by Crippen LogP contribution is 2.32. The average molecular weight is 474 g/mol. The molecule has 0 radical (unpaired) electrons. The largest absolute Gasteiger partial charge is 0.493 e. The van der Waals surface area contributed by atoms with Gasteiger partial charge in [-0.2, -0.15) is 0 Å². The fraction of sp³-hybridized carbons (Fsp3) is 0.478. The van der Waals surface area contributed by atoms with Crippen LogP contribution in [0, 0.1) is 5.92 Å². The third kappa shape index (κ3) is 6.04. The van der Waals surface area contributed by atoms with Crippen molar-refractivity contribution >= 4 is 17.7 Å². The Hall–Kier alpha value is -3.60. The number of hydrogen-bond acceptors (Lipinski definition) is 7. The summed E-state index contributed by atoms with van der Waals surface area (Å²) < 4.78 is 13.2. The Morgan fingerprint density at radius 1 is 1.32 bits per heavy atom. The van der Waals surface area contributed by atoms with Gasteiger partial charge < -0.3 is 34.7 Å². The molecule has 0 saturated heterocycles. The zero-order chi connectivity index (χ0) is 24.7. The van der Waals surface area contributed by atoms with Gasteiger partial charge in [0.1, 0.15) is 25.1 Å². The van der Waals surface area contributed by atoms with Crippen molar-refractivity contribution in [3.63, 3.8) is 0 Å². The predicted molar refractivity (Wildman–Crippen MR) is 123 cm³/mol. The second kappa shape index (κ2) is 11.5. The van der Waals surface area contributed by atoms with Crippen molar-refractivity contribution in [3.8, 4) is 22.9 Å². The number of methoxy groups -OCH3 is 1. The normalized spacial score (nSPS) is 17.8. The Labute approximate surface area is 198 Å². The van der Waals surface area contributed by atoms with Crippen LogP contribution in [0.3, 0.4) is 0 Å². The number of benzene rings is 1. The van der Waals surface area contributed by atoms with Crippen LogP contribution in [-0.4, -0.2) is 83.3 Å². The number of aliphatic hydroxyl groups excluding tert-OH is 1. The molecule has 1 atom stereocenters. The number of aliphatic hydroxyl groups is 1. The number of fused-ring (bicyclic) bond motifs is 4. The first-order chi connectivity index (χ1) is 16.3. The van der Waals surface area contributed by atoms with Crippen molar-refractivity contribution in [3.05, 3.63) is 30.6 Å². The van der Waals surface area contributed by atoms with Crippen molar-refractivity contribution < 1.29 is 29.0 Å². The molecule has 11 heteroatoms. The summed E-state index contributed by atoms with van der Waals surface area (Å²) >= 11 is 0. The molecule has 0 spiro atoms. The molecule has 3 amide bonds. The number of ether oxygens (including phenoxy) is 2. The molecule has 0 aliphatic carbocycles. The van der Waals surface area contributed by atoms with Crippen molar-refractivity contribution in [2.24, 2.45) is 5.92 Å². The molecule has 0 saturated carbocycles. The minimum absolute atomic E-state index is 0.0490. The van der Waals surface area contributed by atoms with Gasteiger partial charge in [0.2, 0.25) is 17.7 Å². The molecule has 1 aromatic carbocycles. The first kappa shape index (κ1) is 25.0. The Morgan fingerprint density at radius 2 is 2.12 bits per heavy atom. The maximum atomic E-state index is 12.8. The lowest BCUT2D eigenvalue weighted by atomic mass is 10.0. The molecule has 2 bridgehead atoms. The topological polar surface area (TPSA) is 135 Å². The minimum Gasteiger partial charge on any atom is -0.493 e. The molecule has 1 aromatic heterocycles. The van der Waals surface area contributed by atoms with E-state index in [1.807, 2.05) is 30.7 Å². The number of aromatic nitrogens is 2. The third-order valence-corrected chi connectivity index (χ3v) is 5.50. The lowest BCUT2D eigenvalue weighted by Gasteiger charge is -2.25. The quantitative estimate of drug-likeness (QED) is 0.572. The van der Waals surface area contributed by atoms with E-state index in [0.717, 1.165) is 5.56 Å². The molecular weight excluding hydrogens is 442 g/mol. The van der Waals surface area contributed by atoms with Crippen LogP contribution in [0.1, 0.15) is 13.8 Å². The first-order valence-corrected chi connectivity index (χ1v) is 11.1. The number of carbonyl (C=O) groups is 3. The molecule has 1 aliphatic heterocycles. The van der Waals surface area contributed by atoms with E-state index in [2.05, 4.69) is 15.6 Å². The SMILES string of the molecule is COc1ccc2cc1OCCN(C(=O)CO)CC(=O)N[C@H](C(C)C)C(=O)NCCn1ccnc1-2. The number of nitrogens with zero attached hydrogens (tertiary/aromatic N) is 3. The third-order valence-electron chi connectivity index (χ3n) is 5.50. The molecule has 2 heterocycles. The summed E-state index contributed by atoms with van der Waals surface area (Å²) in [6, 6.07) is 4.63. The molecule has 2 aromatic rings.